The van der Waals surface area contributed by atoms with Crippen molar-refractivity contribution in [1.82, 2.24) is 0 Å². The van der Waals surface area contributed by atoms with Crippen LogP contribution in [0.3, 0.4) is 0 Å². The van der Waals surface area contributed by atoms with E-state index in [1.54, 1.807) is 12.1 Å². The molecule has 0 aromatic heterocycles. The fraction of sp³-hybridized carbons (Fsp3) is 0.500. The molecule has 2 atom stereocenters. The number of rotatable bonds is 5. The van der Waals surface area contributed by atoms with E-state index in [1.165, 1.54) is 6.07 Å². The van der Waals surface area contributed by atoms with Crippen molar-refractivity contribution in [3.05, 3.63) is 28.8 Å². The average molecular weight is 284 g/mol. The SMILES string of the molecule is CCC1OCCC1CNc1ccc(Cl)cc1C(=O)O. The summed E-state index contributed by atoms with van der Waals surface area (Å²) in [6.07, 6.45) is 2.27. The van der Waals surface area contributed by atoms with Gasteiger partial charge >= 0.3 is 5.97 Å². The lowest BCUT2D eigenvalue weighted by Gasteiger charge is -2.18. The zero-order valence-corrected chi connectivity index (χ0v) is 11.6. The number of nitrogens with one attached hydrogen (secondary N) is 1. The fourth-order valence-corrected chi connectivity index (χ4v) is 2.64. The summed E-state index contributed by atoms with van der Waals surface area (Å²) in [5, 5.41) is 12.8. The minimum atomic E-state index is -0.972. The Morgan fingerprint density at radius 1 is 1.58 bits per heavy atom. The molecule has 19 heavy (non-hydrogen) atoms. The number of carbonyl (C=O) groups is 1. The van der Waals surface area contributed by atoms with Crippen LogP contribution in [0.1, 0.15) is 30.1 Å². The van der Waals surface area contributed by atoms with Crippen molar-refractivity contribution < 1.29 is 14.6 Å². The molecular weight excluding hydrogens is 266 g/mol. The first-order valence-electron chi connectivity index (χ1n) is 6.50. The second-order valence-corrected chi connectivity index (χ2v) is 5.18. The standard InChI is InChI=1S/C14H18ClNO3/c1-2-13-9(5-6-19-13)8-16-12-4-3-10(15)7-11(12)14(17)18/h3-4,7,9,13,16H,2,5-6,8H2,1H3,(H,17,18). The number of halogens is 1. The van der Waals surface area contributed by atoms with Gasteiger partial charge in [-0.05, 0) is 31.0 Å². The molecule has 0 radical (unpaired) electrons. The van der Waals surface area contributed by atoms with E-state index >= 15 is 0 Å². The summed E-state index contributed by atoms with van der Waals surface area (Å²) in [4.78, 5) is 11.2. The lowest BCUT2D eigenvalue weighted by Crippen LogP contribution is -2.23. The van der Waals surface area contributed by atoms with Crippen molar-refractivity contribution >= 4 is 23.3 Å². The van der Waals surface area contributed by atoms with Gasteiger partial charge in [-0.3, -0.25) is 0 Å². The van der Waals surface area contributed by atoms with E-state index in [0.717, 1.165) is 26.0 Å². The Kier molecular flexibility index (Phi) is 4.66. The third kappa shape index (κ3) is 3.39. The number of hydrogen-bond donors (Lipinski definition) is 2. The van der Waals surface area contributed by atoms with Gasteiger partial charge in [0.2, 0.25) is 0 Å². The highest BCUT2D eigenvalue weighted by molar-refractivity contribution is 6.31. The zero-order chi connectivity index (χ0) is 13.8. The molecular formula is C14H18ClNO3. The molecule has 0 aliphatic carbocycles. The molecule has 1 saturated heterocycles. The van der Waals surface area contributed by atoms with Crippen LogP contribution in [0.5, 0.6) is 0 Å². The Hall–Kier alpha value is -1.26. The zero-order valence-electron chi connectivity index (χ0n) is 10.9. The largest absolute Gasteiger partial charge is 0.478 e. The van der Waals surface area contributed by atoms with Gasteiger partial charge in [-0.25, -0.2) is 4.79 Å². The maximum atomic E-state index is 11.2. The van der Waals surface area contributed by atoms with Crippen LogP contribution in [-0.4, -0.2) is 30.3 Å². The van der Waals surface area contributed by atoms with Crippen LogP contribution in [0.2, 0.25) is 5.02 Å². The second-order valence-electron chi connectivity index (χ2n) is 4.74. The molecule has 0 spiro atoms. The number of carboxylic acids is 1. The number of aromatic carboxylic acids is 1. The highest BCUT2D eigenvalue weighted by Gasteiger charge is 2.26. The van der Waals surface area contributed by atoms with E-state index in [-0.39, 0.29) is 11.7 Å². The molecule has 0 saturated carbocycles. The van der Waals surface area contributed by atoms with Crippen LogP contribution >= 0.6 is 11.6 Å². The lowest BCUT2D eigenvalue weighted by atomic mass is 9.99. The number of ether oxygens (including phenoxy) is 1. The Balaban J connectivity index is 2.05. The number of carboxylic acid groups (broad SMARTS) is 1. The summed E-state index contributed by atoms with van der Waals surface area (Å²) in [5.41, 5.74) is 0.818. The van der Waals surface area contributed by atoms with Gasteiger partial charge in [0.1, 0.15) is 0 Å². The van der Waals surface area contributed by atoms with Gasteiger partial charge in [-0.1, -0.05) is 18.5 Å². The van der Waals surface area contributed by atoms with Crippen molar-refractivity contribution in [3.8, 4) is 0 Å². The smallest absolute Gasteiger partial charge is 0.337 e. The molecule has 4 nitrogen and oxygen atoms in total. The van der Waals surface area contributed by atoms with Crippen molar-refractivity contribution in [2.75, 3.05) is 18.5 Å². The van der Waals surface area contributed by atoms with E-state index < -0.39 is 5.97 Å². The van der Waals surface area contributed by atoms with Crippen molar-refractivity contribution in [3.63, 3.8) is 0 Å². The molecule has 1 aliphatic rings. The van der Waals surface area contributed by atoms with Gasteiger partial charge in [-0.2, -0.15) is 0 Å². The van der Waals surface area contributed by atoms with Gasteiger partial charge in [0, 0.05) is 29.8 Å². The third-order valence-electron chi connectivity index (χ3n) is 3.52. The summed E-state index contributed by atoms with van der Waals surface area (Å²) in [7, 11) is 0. The predicted octanol–water partition coefficient (Wildman–Crippen LogP) is 3.27. The Morgan fingerprint density at radius 3 is 3.05 bits per heavy atom. The van der Waals surface area contributed by atoms with Gasteiger partial charge < -0.3 is 15.2 Å². The predicted molar refractivity (Wildman–Crippen MR) is 75.0 cm³/mol. The van der Waals surface area contributed by atoms with E-state index in [4.69, 9.17) is 21.4 Å². The molecule has 2 rings (SSSR count). The minimum Gasteiger partial charge on any atom is -0.478 e. The highest BCUT2D eigenvalue weighted by Crippen LogP contribution is 2.26. The Labute approximate surface area is 117 Å². The minimum absolute atomic E-state index is 0.208. The van der Waals surface area contributed by atoms with Gasteiger partial charge in [0.05, 0.1) is 11.7 Å². The van der Waals surface area contributed by atoms with Crippen molar-refractivity contribution in [1.29, 1.82) is 0 Å². The van der Waals surface area contributed by atoms with Crippen LogP contribution in [0.15, 0.2) is 18.2 Å². The first kappa shape index (κ1) is 14.2. The van der Waals surface area contributed by atoms with E-state index in [0.29, 0.717) is 16.6 Å². The summed E-state index contributed by atoms with van der Waals surface area (Å²) in [6.45, 7) is 3.62. The Morgan fingerprint density at radius 2 is 2.37 bits per heavy atom. The van der Waals surface area contributed by atoms with Gasteiger partial charge in [0.25, 0.3) is 0 Å². The molecule has 0 amide bonds. The number of anilines is 1. The van der Waals surface area contributed by atoms with E-state index in [9.17, 15) is 4.79 Å². The summed E-state index contributed by atoms with van der Waals surface area (Å²) < 4.78 is 5.62. The summed E-state index contributed by atoms with van der Waals surface area (Å²) >= 11 is 5.82. The monoisotopic (exact) mass is 283 g/mol. The molecule has 1 heterocycles. The number of hydrogen-bond acceptors (Lipinski definition) is 3. The van der Waals surface area contributed by atoms with Crippen LogP contribution in [-0.2, 0) is 4.74 Å². The van der Waals surface area contributed by atoms with E-state index in [1.807, 2.05) is 0 Å². The molecule has 2 N–H and O–H groups in total. The summed E-state index contributed by atoms with van der Waals surface area (Å²) in [5.74, 6) is -0.540. The topological polar surface area (TPSA) is 58.6 Å². The van der Waals surface area contributed by atoms with Crippen LogP contribution in [0.25, 0.3) is 0 Å². The maximum Gasteiger partial charge on any atom is 0.337 e. The van der Waals surface area contributed by atoms with Crippen molar-refractivity contribution in [2.24, 2.45) is 5.92 Å². The first-order valence-corrected chi connectivity index (χ1v) is 6.88. The quantitative estimate of drug-likeness (QED) is 0.871. The van der Waals surface area contributed by atoms with Gasteiger partial charge in [-0.15, -0.1) is 0 Å². The molecule has 2 unspecified atom stereocenters. The lowest BCUT2D eigenvalue weighted by molar-refractivity contribution is 0.0698. The van der Waals surface area contributed by atoms with Gasteiger partial charge in [0.15, 0.2) is 0 Å². The average Bonchev–Trinajstić information content (AvgIpc) is 2.84. The van der Waals surface area contributed by atoms with Crippen molar-refractivity contribution in [2.45, 2.75) is 25.9 Å². The molecule has 0 bridgehead atoms. The number of benzene rings is 1. The molecule has 1 aromatic carbocycles. The first-order chi connectivity index (χ1) is 9.11. The molecule has 1 aliphatic heterocycles. The highest BCUT2D eigenvalue weighted by atomic mass is 35.5. The van der Waals surface area contributed by atoms with Crippen LogP contribution < -0.4 is 5.32 Å². The second kappa shape index (κ2) is 6.26. The third-order valence-corrected chi connectivity index (χ3v) is 3.75. The normalized spacial score (nSPS) is 22.4. The Bertz CT molecular complexity index is 464. The summed E-state index contributed by atoms with van der Waals surface area (Å²) in [6, 6.07) is 4.87. The molecule has 1 aromatic rings. The van der Waals surface area contributed by atoms with Crippen LogP contribution in [0, 0.1) is 5.92 Å². The fourth-order valence-electron chi connectivity index (χ4n) is 2.47. The van der Waals surface area contributed by atoms with Crippen LogP contribution in [0.4, 0.5) is 5.69 Å². The maximum absolute atomic E-state index is 11.2. The molecule has 1 fully saturated rings. The molecule has 5 heteroatoms. The van der Waals surface area contributed by atoms with E-state index in [2.05, 4.69) is 12.2 Å². The molecule has 104 valence electrons.